The Hall–Kier alpha value is -2.33. The van der Waals surface area contributed by atoms with E-state index >= 15 is 0 Å². The molecule has 0 fully saturated rings. The number of para-hydroxylation sites is 1. The summed E-state index contributed by atoms with van der Waals surface area (Å²) in [7, 11) is 0. The van der Waals surface area contributed by atoms with E-state index in [9.17, 15) is 4.79 Å². The molecule has 0 radical (unpaired) electrons. The lowest BCUT2D eigenvalue weighted by Gasteiger charge is -2.24. The summed E-state index contributed by atoms with van der Waals surface area (Å²) in [5.74, 6) is 0.145. The predicted molar refractivity (Wildman–Crippen MR) is 105 cm³/mol. The maximum absolute atomic E-state index is 12.8. The first-order valence-electron chi connectivity index (χ1n) is 8.52. The van der Waals surface area contributed by atoms with Crippen LogP contribution in [0.25, 0.3) is 10.9 Å². The number of nitrogens with zero attached hydrogens (tertiary/aromatic N) is 2. The highest BCUT2D eigenvalue weighted by atomic mass is 32.2. The number of carbonyl (C=O) groups excluding carboxylic acids is 1. The number of pyridine rings is 1. The van der Waals surface area contributed by atoms with Crippen LogP contribution in [0.5, 0.6) is 0 Å². The highest BCUT2D eigenvalue weighted by Gasteiger charge is 2.21. The van der Waals surface area contributed by atoms with Gasteiger partial charge in [-0.15, -0.1) is 0 Å². The van der Waals surface area contributed by atoms with Gasteiger partial charge in [0.1, 0.15) is 0 Å². The lowest BCUT2D eigenvalue weighted by molar-refractivity contribution is -0.130. The van der Waals surface area contributed by atoms with Crippen molar-refractivity contribution in [2.45, 2.75) is 30.7 Å². The van der Waals surface area contributed by atoms with Crippen LogP contribution in [0.15, 0.2) is 71.8 Å². The Bertz CT molecular complexity index is 851. The van der Waals surface area contributed by atoms with Gasteiger partial charge in [-0.05, 0) is 31.5 Å². The zero-order chi connectivity index (χ0) is 17.6. The van der Waals surface area contributed by atoms with Gasteiger partial charge in [0, 0.05) is 18.5 Å². The van der Waals surface area contributed by atoms with Crippen LogP contribution in [0, 0.1) is 0 Å². The third-order valence-electron chi connectivity index (χ3n) is 4.13. The normalized spacial score (nSPS) is 12.1. The molecule has 0 aliphatic heterocycles. The smallest absolute Gasteiger partial charge is 0.236 e. The van der Waals surface area contributed by atoms with E-state index in [1.807, 2.05) is 67.3 Å². The molecule has 25 heavy (non-hydrogen) atoms. The van der Waals surface area contributed by atoms with Crippen molar-refractivity contribution in [3.8, 4) is 0 Å². The second-order valence-electron chi connectivity index (χ2n) is 5.94. The number of carbonyl (C=O) groups is 1. The van der Waals surface area contributed by atoms with E-state index in [-0.39, 0.29) is 11.2 Å². The number of rotatable bonds is 6. The Morgan fingerprint density at radius 1 is 1.04 bits per heavy atom. The van der Waals surface area contributed by atoms with Gasteiger partial charge in [-0.1, -0.05) is 66.4 Å². The van der Waals surface area contributed by atoms with Crippen LogP contribution in [0.4, 0.5) is 0 Å². The summed E-state index contributed by atoms with van der Waals surface area (Å²) in [5.41, 5.74) is 2.11. The monoisotopic (exact) mass is 350 g/mol. The summed E-state index contributed by atoms with van der Waals surface area (Å²) in [6, 6.07) is 22.2. The molecule has 3 aromatic rings. The molecule has 0 bridgehead atoms. The van der Waals surface area contributed by atoms with Crippen molar-refractivity contribution in [3.05, 3.63) is 72.3 Å². The molecule has 1 heterocycles. The summed E-state index contributed by atoms with van der Waals surface area (Å²) in [6.45, 7) is 5.32. The van der Waals surface area contributed by atoms with Gasteiger partial charge in [-0.2, -0.15) is 0 Å². The van der Waals surface area contributed by atoms with E-state index in [1.54, 1.807) is 0 Å². The van der Waals surface area contributed by atoms with Gasteiger partial charge in [0.25, 0.3) is 0 Å². The molecule has 128 valence electrons. The first kappa shape index (κ1) is 17.5. The van der Waals surface area contributed by atoms with Crippen LogP contribution in [0.1, 0.15) is 19.4 Å². The van der Waals surface area contributed by atoms with Crippen molar-refractivity contribution >= 4 is 28.6 Å². The second-order valence-corrected chi connectivity index (χ2v) is 7.30. The third kappa shape index (κ3) is 4.40. The maximum atomic E-state index is 12.8. The summed E-state index contributed by atoms with van der Waals surface area (Å²) in [5, 5.41) is 1.83. The summed E-state index contributed by atoms with van der Waals surface area (Å²) >= 11 is 1.52. The lowest BCUT2D eigenvalue weighted by atomic mass is 10.2. The van der Waals surface area contributed by atoms with E-state index in [0.29, 0.717) is 13.1 Å². The van der Waals surface area contributed by atoms with Crippen LogP contribution < -0.4 is 0 Å². The van der Waals surface area contributed by atoms with Crippen LogP contribution in [0.2, 0.25) is 0 Å². The average Bonchev–Trinajstić information content (AvgIpc) is 2.66. The number of fused-ring (bicyclic) bond motifs is 1. The number of aromatic nitrogens is 1. The van der Waals surface area contributed by atoms with Crippen molar-refractivity contribution in [2.75, 3.05) is 6.54 Å². The molecule has 1 atom stereocenters. The van der Waals surface area contributed by atoms with Crippen molar-refractivity contribution in [1.82, 2.24) is 9.88 Å². The molecule has 0 spiro atoms. The van der Waals surface area contributed by atoms with Crippen molar-refractivity contribution in [2.24, 2.45) is 0 Å². The van der Waals surface area contributed by atoms with E-state index in [0.717, 1.165) is 21.5 Å². The molecule has 2 aromatic carbocycles. The number of amides is 1. The third-order valence-corrected chi connectivity index (χ3v) is 5.15. The SMILES string of the molecule is CCN(Cc1ccccc1)C(=O)C(C)Sc1ccc2ccccc2n1. The minimum absolute atomic E-state index is 0.145. The van der Waals surface area contributed by atoms with Gasteiger partial charge in [-0.3, -0.25) is 4.79 Å². The number of thioether (sulfide) groups is 1. The first-order valence-corrected chi connectivity index (χ1v) is 9.40. The highest BCUT2D eigenvalue weighted by molar-refractivity contribution is 8.00. The molecular weight excluding hydrogens is 328 g/mol. The average molecular weight is 350 g/mol. The largest absolute Gasteiger partial charge is 0.338 e. The molecular formula is C21H22N2OS. The van der Waals surface area contributed by atoms with Crippen LogP contribution in [0.3, 0.4) is 0 Å². The Morgan fingerprint density at radius 3 is 2.52 bits per heavy atom. The van der Waals surface area contributed by atoms with Crippen molar-refractivity contribution in [1.29, 1.82) is 0 Å². The molecule has 0 saturated carbocycles. The van der Waals surface area contributed by atoms with Crippen LogP contribution >= 0.6 is 11.8 Å². The van der Waals surface area contributed by atoms with Gasteiger partial charge in [0.05, 0.1) is 15.8 Å². The maximum Gasteiger partial charge on any atom is 0.236 e. The Kier molecular flexibility index (Phi) is 5.71. The minimum atomic E-state index is -0.169. The van der Waals surface area contributed by atoms with E-state index in [2.05, 4.69) is 23.2 Å². The van der Waals surface area contributed by atoms with Crippen LogP contribution in [-0.4, -0.2) is 27.6 Å². The minimum Gasteiger partial charge on any atom is -0.338 e. The van der Waals surface area contributed by atoms with Gasteiger partial charge in [0.2, 0.25) is 5.91 Å². The highest BCUT2D eigenvalue weighted by Crippen LogP contribution is 2.25. The fourth-order valence-electron chi connectivity index (χ4n) is 2.75. The van der Waals surface area contributed by atoms with Gasteiger partial charge < -0.3 is 4.90 Å². The fraction of sp³-hybridized carbons (Fsp3) is 0.238. The second kappa shape index (κ2) is 8.17. The standard InChI is InChI=1S/C21H22N2OS/c1-3-23(15-17-9-5-4-6-10-17)21(24)16(2)25-20-14-13-18-11-7-8-12-19(18)22-20/h4-14,16H,3,15H2,1-2H3. The first-order chi connectivity index (χ1) is 12.2. The summed E-state index contributed by atoms with van der Waals surface area (Å²) < 4.78 is 0. The van der Waals surface area contributed by atoms with Crippen molar-refractivity contribution in [3.63, 3.8) is 0 Å². The van der Waals surface area contributed by atoms with Gasteiger partial charge >= 0.3 is 0 Å². The fourth-order valence-corrected chi connectivity index (χ4v) is 3.66. The molecule has 1 amide bonds. The Morgan fingerprint density at radius 2 is 1.76 bits per heavy atom. The molecule has 3 nitrogen and oxygen atoms in total. The van der Waals surface area contributed by atoms with Gasteiger partial charge in [0.15, 0.2) is 0 Å². The Labute approximate surface area is 153 Å². The van der Waals surface area contributed by atoms with Crippen LogP contribution in [-0.2, 0) is 11.3 Å². The molecule has 3 rings (SSSR count). The summed E-state index contributed by atoms with van der Waals surface area (Å²) in [6.07, 6.45) is 0. The Balaban J connectivity index is 1.69. The molecule has 0 saturated heterocycles. The molecule has 1 aromatic heterocycles. The van der Waals surface area contributed by atoms with E-state index < -0.39 is 0 Å². The molecule has 1 unspecified atom stereocenters. The molecule has 0 aliphatic rings. The van der Waals surface area contributed by atoms with E-state index in [4.69, 9.17) is 0 Å². The molecule has 4 heteroatoms. The quantitative estimate of drug-likeness (QED) is 0.601. The topological polar surface area (TPSA) is 33.2 Å². The zero-order valence-corrected chi connectivity index (χ0v) is 15.4. The lowest BCUT2D eigenvalue weighted by Crippen LogP contribution is -2.36. The molecule has 0 N–H and O–H groups in total. The number of hydrogen-bond acceptors (Lipinski definition) is 3. The predicted octanol–water partition coefficient (Wildman–Crippen LogP) is 4.76. The number of hydrogen-bond donors (Lipinski definition) is 0. The zero-order valence-electron chi connectivity index (χ0n) is 14.6. The number of benzene rings is 2. The molecule has 0 aliphatic carbocycles. The van der Waals surface area contributed by atoms with Gasteiger partial charge in [-0.25, -0.2) is 4.98 Å². The van der Waals surface area contributed by atoms with E-state index in [1.165, 1.54) is 11.8 Å². The van der Waals surface area contributed by atoms with Crippen molar-refractivity contribution < 1.29 is 4.79 Å². The summed E-state index contributed by atoms with van der Waals surface area (Å²) in [4.78, 5) is 19.4.